The second kappa shape index (κ2) is 9.41. The number of piperidine rings is 1. The van der Waals surface area contributed by atoms with Gasteiger partial charge in [0.05, 0.1) is 11.4 Å². The first-order chi connectivity index (χ1) is 13.9. The molecule has 2 aromatic rings. The smallest absolute Gasteiger partial charge is 0.243 e. The van der Waals surface area contributed by atoms with Crippen LogP contribution < -0.4 is 5.32 Å². The summed E-state index contributed by atoms with van der Waals surface area (Å²) in [7, 11) is -1.72. The molecule has 6 nitrogen and oxygen atoms in total. The molecule has 0 atom stereocenters. The first kappa shape index (κ1) is 21.3. The van der Waals surface area contributed by atoms with Crippen molar-refractivity contribution in [2.75, 3.05) is 32.0 Å². The molecule has 0 aliphatic carbocycles. The number of amides is 1. The summed E-state index contributed by atoms with van der Waals surface area (Å²) in [6, 6.07) is 14.7. The SMILES string of the molecule is Cc1ccccc1CN(C)C(=O)CNc1cccc(S(=O)(=O)N2CCCCC2)c1. The minimum absolute atomic E-state index is 0.0578. The second-order valence-corrected chi connectivity index (χ2v) is 9.46. The second-order valence-electron chi connectivity index (χ2n) is 7.52. The van der Waals surface area contributed by atoms with Crippen LogP contribution in [0.4, 0.5) is 5.69 Å². The first-order valence-corrected chi connectivity index (χ1v) is 11.4. The molecular weight excluding hydrogens is 386 g/mol. The lowest BCUT2D eigenvalue weighted by Crippen LogP contribution is -2.35. The molecule has 1 amide bonds. The average Bonchev–Trinajstić information content (AvgIpc) is 2.74. The molecule has 2 aromatic carbocycles. The van der Waals surface area contributed by atoms with E-state index in [0.717, 1.165) is 30.4 Å². The molecular formula is C22H29N3O3S. The van der Waals surface area contributed by atoms with Crippen molar-refractivity contribution in [1.29, 1.82) is 0 Å². The Morgan fingerprint density at radius 2 is 1.79 bits per heavy atom. The normalized spacial score (nSPS) is 15.1. The van der Waals surface area contributed by atoms with Crippen molar-refractivity contribution in [2.24, 2.45) is 0 Å². The Morgan fingerprint density at radius 1 is 1.07 bits per heavy atom. The summed E-state index contributed by atoms with van der Waals surface area (Å²) in [5.41, 5.74) is 2.88. The highest BCUT2D eigenvalue weighted by molar-refractivity contribution is 7.89. The Balaban J connectivity index is 1.61. The van der Waals surface area contributed by atoms with E-state index in [9.17, 15) is 13.2 Å². The van der Waals surface area contributed by atoms with Crippen LogP contribution in [0.25, 0.3) is 0 Å². The number of rotatable bonds is 7. The van der Waals surface area contributed by atoms with Crippen LogP contribution in [0.5, 0.6) is 0 Å². The molecule has 0 radical (unpaired) electrons. The molecule has 0 unspecified atom stereocenters. The molecule has 29 heavy (non-hydrogen) atoms. The van der Waals surface area contributed by atoms with Crippen LogP contribution in [-0.2, 0) is 21.4 Å². The molecule has 7 heteroatoms. The number of hydrogen-bond acceptors (Lipinski definition) is 4. The van der Waals surface area contributed by atoms with Gasteiger partial charge in [0.2, 0.25) is 15.9 Å². The summed E-state index contributed by atoms with van der Waals surface area (Å²) in [4.78, 5) is 14.4. The number of anilines is 1. The van der Waals surface area contributed by atoms with Crippen LogP contribution in [0.1, 0.15) is 30.4 Å². The van der Waals surface area contributed by atoms with E-state index >= 15 is 0 Å². The fourth-order valence-electron chi connectivity index (χ4n) is 3.46. The monoisotopic (exact) mass is 415 g/mol. The van der Waals surface area contributed by atoms with Gasteiger partial charge in [-0.3, -0.25) is 4.79 Å². The van der Waals surface area contributed by atoms with Crippen LogP contribution >= 0.6 is 0 Å². The number of sulfonamides is 1. The summed E-state index contributed by atoms with van der Waals surface area (Å²) in [5, 5.41) is 3.07. The van der Waals surface area contributed by atoms with Crippen LogP contribution in [0.3, 0.4) is 0 Å². The number of benzene rings is 2. The van der Waals surface area contributed by atoms with E-state index < -0.39 is 10.0 Å². The molecule has 0 aromatic heterocycles. The summed E-state index contributed by atoms with van der Waals surface area (Å²) in [5.74, 6) is -0.0578. The van der Waals surface area contributed by atoms with Gasteiger partial charge in [0.15, 0.2) is 0 Å². The van der Waals surface area contributed by atoms with Gasteiger partial charge in [0.1, 0.15) is 0 Å². The molecule has 1 aliphatic heterocycles. The Labute approximate surface area is 173 Å². The fraction of sp³-hybridized carbons (Fsp3) is 0.409. The van der Waals surface area contributed by atoms with Crippen molar-refractivity contribution >= 4 is 21.6 Å². The summed E-state index contributed by atoms with van der Waals surface area (Å²) in [6.07, 6.45) is 2.88. The Hall–Kier alpha value is -2.38. The van der Waals surface area contributed by atoms with Crippen LogP contribution in [0, 0.1) is 6.92 Å². The van der Waals surface area contributed by atoms with E-state index in [1.54, 1.807) is 40.5 Å². The van der Waals surface area contributed by atoms with Gasteiger partial charge >= 0.3 is 0 Å². The maximum Gasteiger partial charge on any atom is 0.243 e. The average molecular weight is 416 g/mol. The zero-order valence-corrected chi connectivity index (χ0v) is 17.9. The largest absolute Gasteiger partial charge is 0.376 e. The van der Waals surface area contributed by atoms with E-state index in [0.29, 0.717) is 25.3 Å². The highest BCUT2D eigenvalue weighted by Gasteiger charge is 2.26. The van der Waals surface area contributed by atoms with Gasteiger partial charge in [-0.05, 0) is 49.1 Å². The predicted octanol–water partition coefficient (Wildman–Crippen LogP) is 3.24. The van der Waals surface area contributed by atoms with Crippen LogP contribution in [0.2, 0.25) is 0 Å². The number of likely N-dealkylation sites (N-methyl/N-ethyl adjacent to an activating group) is 1. The Bertz CT molecular complexity index is 953. The predicted molar refractivity (Wildman–Crippen MR) is 115 cm³/mol. The zero-order chi connectivity index (χ0) is 20.9. The third kappa shape index (κ3) is 5.36. The van der Waals surface area contributed by atoms with Gasteiger partial charge < -0.3 is 10.2 Å². The van der Waals surface area contributed by atoms with Crippen LogP contribution in [-0.4, -0.2) is 50.2 Å². The maximum atomic E-state index is 12.8. The van der Waals surface area contributed by atoms with Gasteiger partial charge in [0, 0.05) is 32.4 Å². The lowest BCUT2D eigenvalue weighted by atomic mass is 10.1. The van der Waals surface area contributed by atoms with E-state index in [4.69, 9.17) is 0 Å². The first-order valence-electron chi connectivity index (χ1n) is 10.0. The van der Waals surface area contributed by atoms with Crippen molar-refractivity contribution in [1.82, 2.24) is 9.21 Å². The zero-order valence-electron chi connectivity index (χ0n) is 17.1. The van der Waals surface area contributed by atoms with Gasteiger partial charge in [0.25, 0.3) is 0 Å². The lowest BCUT2D eigenvalue weighted by Gasteiger charge is -2.26. The molecule has 0 spiro atoms. The van der Waals surface area contributed by atoms with Crippen molar-refractivity contribution in [3.05, 3.63) is 59.7 Å². The maximum absolute atomic E-state index is 12.8. The minimum Gasteiger partial charge on any atom is -0.376 e. The molecule has 1 fully saturated rings. The quantitative estimate of drug-likeness (QED) is 0.754. The van der Waals surface area contributed by atoms with Crippen molar-refractivity contribution in [3.8, 4) is 0 Å². The van der Waals surface area contributed by atoms with Gasteiger partial charge in [-0.2, -0.15) is 4.31 Å². The van der Waals surface area contributed by atoms with E-state index in [1.807, 2.05) is 31.2 Å². The molecule has 1 aliphatic rings. The minimum atomic E-state index is -3.49. The number of aryl methyl sites for hydroxylation is 1. The third-order valence-electron chi connectivity index (χ3n) is 5.33. The molecule has 0 bridgehead atoms. The molecule has 1 saturated heterocycles. The number of carbonyl (C=O) groups is 1. The molecule has 156 valence electrons. The topological polar surface area (TPSA) is 69.7 Å². The summed E-state index contributed by atoms with van der Waals surface area (Å²) >= 11 is 0. The number of nitrogens with one attached hydrogen (secondary N) is 1. The third-order valence-corrected chi connectivity index (χ3v) is 7.22. The number of nitrogens with zero attached hydrogens (tertiary/aromatic N) is 2. The summed E-state index contributed by atoms with van der Waals surface area (Å²) < 4.78 is 27.2. The van der Waals surface area contributed by atoms with Crippen LogP contribution in [0.15, 0.2) is 53.4 Å². The molecule has 3 rings (SSSR count). The van der Waals surface area contributed by atoms with Crippen molar-refractivity contribution in [3.63, 3.8) is 0 Å². The van der Waals surface area contributed by atoms with Crippen molar-refractivity contribution < 1.29 is 13.2 Å². The molecule has 0 saturated carbocycles. The number of hydrogen-bond donors (Lipinski definition) is 1. The lowest BCUT2D eigenvalue weighted by molar-refractivity contribution is -0.128. The summed E-state index contributed by atoms with van der Waals surface area (Å²) in [6.45, 7) is 3.82. The van der Waals surface area contributed by atoms with Gasteiger partial charge in [-0.25, -0.2) is 8.42 Å². The van der Waals surface area contributed by atoms with Gasteiger partial charge in [-0.15, -0.1) is 0 Å². The standard InChI is InChI=1S/C22H29N3O3S/c1-18-9-4-5-10-19(18)17-24(2)22(26)16-23-20-11-8-12-21(15-20)29(27,28)25-13-6-3-7-14-25/h4-5,8-12,15,23H,3,6-7,13-14,16-17H2,1-2H3. The molecule has 1 heterocycles. The van der Waals surface area contributed by atoms with Crippen molar-refractivity contribution in [2.45, 2.75) is 37.6 Å². The van der Waals surface area contributed by atoms with E-state index in [1.165, 1.54) is 0 Å². The Kier molecular flexibility index (Phi) is 6.92. The highest BCUT2D eigenvalue weighted by Crippen LogP contribution is 2.22. The number of carbonyl (C=O) groups excluding carboxylic acids is 1. The fourth-order valence-corrected chi connectivity index (χ4v) is 5.03. The molecule has 1 N–H and O–H groups in total. The highest BCUT2D eigenvalue weighted by atomic mass is 32.2. The van der Waals surface area contributed by atoms with E-state index in [2.05, 4.69) is 5.32 Å². The van der Waals surface area contributed by atoms with Gasteiger partial charge in [-0.1, -0.05) is 36.8 Å². The van der Waals surface area contributed by atoms with E-state index in [-0.39, 0.29) is 17.3 Å². The Morgan fingerprint density at radius 3 is 2.52 bits per heavy atom.